The highest BCUT2D eigenvalue weighted by Gasteiger charge is 2.27. The Hall–Kier alpha value is -1.35. The molecular formula is C16H23Cl2N3O4S. The highest BCUT2D eigenvalue weighted by molar-refractivity contribution is 7.88. The number of benzene rings is 1. The Balaban J connectivity index is 2.96. The van der Waals surface area contributed by atoms with Crippen LogP contribution in [-0.2, 0) is 19.7 Å². The van der Waals surface area contributed by atoms with Gasteiger partial charge in [0.05, 0.1) is 17.8 Å². The first-order valence-corrected chi connectivity index (χ1v) is 10.5. The van der Waals surface area contributed by atoms with Crippen molar-refractivity contribution in [3.63, 3.8) is 0 Å². The molecule has 1 rings (SSSR count). The molecule has 2 unspecified atom stereocenters. The Morgan fingerprint density at radius 1 is 1.35 bits per heavy atom. The van der Waals surface area contributed by atoms with Crippen LogP contribution in [0.25, 0.3) is 0 Å². The van der Waals surface area contributed by atoms with Crippen LogP contribution in [0.15, 0.2) is 23.4 Å². The fourth-order valence-corrected chi connectivity index (χ4v) is 3.50. The van der Waals surface area contributed by atoms with Crippen LogP contribution in [0.4, 0.5) is 0 Å². The molecule has 0 aromatic heterocycles. The van der Waals surface area contributed by atoms with Crippen molar-refractivity contribution in [3.05, 3.63) is 33.8 Å². The summed E-state index contributed by atoms with van der Waals surface area (Å²) in [5.41, 5.74) is 0.930. The fourth-order valence-electron chi connectivity index (χ4n) is 2.19. The summed E-state index contributed by atoms with van der Waals surface area (Å²) >= 11 is 12.1. The Morgan fingerprint density at radius 3 is 2.50 bits per heavy atom. The summed E-state index contributed by atoms with van der Waals surface area (Å²) in [6.07, 6.45) is 1.64. The Labute approximate surface area is 164 Å². The summed E-state index contributed by atoms with van der Waals surface area (Å²) in [6, 6.07) is 3.97. The fraction of sp³-hybridized carbons (Fsp3) is 0.500. The molecule has 2 atom stereocenters. The topological polar surface area (TPSA) is 96.9 Å². The molecule has 0 spiro atoms. The minimum absolute atomic E-state index is 0.00635. The molecule has 146 valence electrons. The molecule has 1 aromatic rings. The van der Waals surface area contributed by atoms with Crippen molar-refractivity contribution in [2.75, 3.05) is 19.9 Å². The molecule has 0 radical (unpaired) electrons. The molecule has 0 aliphatic heterocycles. The second-order valence-corrected chi connectivity index (χ2v) is 8.44. The van der Waals surface area contributed by atoms with Crippen LogP contribution in [0, 0.1) is 5.92 Å². The maximum Gasteiger partial charge on any atom is 0.238 e. The van der Waals surface area contributed by atoms with E-state index in [9.17, 15) is 13.2 Å². The van der Waals surface area contributed by atoms with E-state index in [1.165, 1.54) is 7.11 Å². The van der Waals surface area contributed by atoms with Crippen molar-refractivity contribution in [2.24, 2.45) is 11.1 Å². The van der Waals surface area contributed by atoms with Gasteiger partial charge in [-0.1, -0.05) is 48.6 Å². The third-order valence-corrected chi connectivity index (χ3v) is 4.94. The number of hydrogen-bond acceptors (Lipinski definition) is 5. The lowest BCUT2D eigenvalue weighted by atomic mass is 9.99. The highest BCUT2D eigenvalue weighted by Crippen LogP contribution is 2.21. The molecule has 0 saturated heterocycles. The van der Waals surface area contributed by atoms with E-state index >= 15 is 0 Å². The highest BCUT2D eigenvalue weighted by atomic mass is 35.5. The molecular weight excluding hydrogens is 401 g/mol. The SMILES string of the molecule is CCC(C)C(NS(C)(=O)=O)C(=O)NCC(=NOC)c1ccc(Cl)cc1Cl. The molecule has 10 heteroatoms. The van der Waals surface area contributed by atoms with Gasteiger partial charge < -0.3 is 10.2 Å². The van der Waals surface area contributed by atoms with Crippen LogP contribution in [-0.4, -0.2) is 46.0 Å². The lowest BCUT2D eigenvalue weighted by molar-refractivity contribution is -0.123. The lowest BCUT2D eigenvalue weighted by Crippen LogP contribution is -2.50. The first-order chi connectivity index (χ1) is 12.1. The Morgan fingerprint density at radius 2 is 2.00 bits per heavy atom. The smallest absolute Gasteiger partial charge is 0.238 e. The molecule has 0 aliphatic rings. The van der Waals surface area contributed by atoms with Gasteiger partial charge >= 0.3 is 0 Å². The number of carbonyl (C=O) groups is 1. The molecule has 26 heavy (non-hydrogen) atoms. The largest absolute Gasteiger partial charge is 0.399 e. The van der Waals surface area contributed by atoms with Crippen molar-refractivity contribution >= 4 is 44.8 Å². The number of sulfonamides is 1. The molecule has 0 heterocycles. The number of oxime groups is 1. The second-order valence-electron chi connectivity index (χ2n) is 5.82. The number of nitrogens with one attached hydrogen (secondary N) is 2. The Kier molecular flexibility index (Phi) is 8.82. The number of carbonyl (C=O) groups excluding carboxylic acids is 1. The average Bonchev–Trinajstić information content (AvgIpc) is 2.55. The predicted octanol–water partition coefficient (Wildman–Crippen LogP) is 2.42. The minimum Gasteiger partial charge on any atom is -0.399 e. The van der Waals surface area contributed by atoms with E-state index in [0.717, 1.165) is 6.26 Å². The maximum atomic E-state index is 12.5. The van der Waals surface area contributed by atoms with Crippen LogP contribution < -0.4 is 10.0 Å². The van der Waals surface area contributed by atoms with Crippen molar-refractivity contribution < 1.29 is 18.0 Å². The second kappa shape index (κ2) is 10.1. The van der Waals surface area contributed by atoms with E-state index in [1.54, 1.807) is 25.1 Å². The molecule has 0 fully saturated rings. The number of halogens is 2. The summed E-state index contributed by atoms with van der Waals surface area (Å²) in [5.74, 6) is -0.648. The summed E-state index contributed by atoms with van der Waals surface area (Å²) < 4.78 is 25.4. The molecule has 7 nitrogen and oxygen atoms in total. The predicted molar refractivity (Wildman–Crippen MR) is 104 cm³/mol. The zero-order chi connectivity index (χ0) is 19.9. The molecule has 2 N–H and O–H groups in total. The maximum absolute atomic E-state index is 12.5. The van der Waals surface area contributed by atoms with Gasteiger partial charge in [-0.15, -0.1) is 0 Å². The zero-order valence-electron chi connectivity index (χ0n) is 15.0. The number of hydrogen-bond donors (Lipinski definition) is 2. The Bertz CT molecular complexity index is 769. The quantitative estimate of drug-likeness (QED) is 0.470. The number of rotatable bonds is 9. The summed E-state index contributed by atoms with van der Waals surface area (Å²) in [6.45, 7) is 3.68. The van der Waals surface area contributed by atoms with Crippen molar-refractivity contribution in [2.45, 2.75) is 26.3 Å². The first-order valence-electron chi connectivity index (χ1n) is 7.89. The molecule has 0 bridgehead atoms. The monoisotopic (exact) mass is 423 g/mol. The standard InChI is InChI=1S/C16H23Cl2N3O4S/c1-5-10(2)15(21-26(4,23)24)16(22)19-9-14(20-25-3)12-7-6-11(17)8-13(12)18/h6-8,10,15,21H,5,9H2,1-4H3,(H,19,22). The van der Waals surface area contributed by atoms with Gasteiger partial charge in [0, 0.05) is 10.6 Å². The summed E-state index contributed by atoms with van der Waals surface area (Å²) in [7, 11) is -2.16. The van der Waals surface area contributed by atoms with Gasteiger partial charge in [0.2, 0.25) is 15.9 Å². The van der Waals surface area contributed by atoms with Crippen LogP contribution in [0.5, 0.6) is 0 Å². The van der Waals surface area contributed by atoms with Crippen LogP contribution in [0.1, 0.15) is 25.8 Å². The van der Waals surface area contributed by atoms with Crippen LogP contribution in [0.3, 0.4) is 0 Å². The summed E-state index contributed by atoms with van der Waals surface area (Å²) in [5, 5.41) is 7.39. The van der Waals surface area contributed by atoms with E-state index in [-0.39, 0.29) is 12.5 Å². The van der Waals surface area contributed by atoms with E-state index in [2.05, 4.69) is 15.2 Å². The van der Waals surface area contributed by atoms with E-state index in [1.807, 2.05) is 6.92 Å². The van der Waals surface area contributed by atoms with Gasteiger partial charge in [-0.3, -0.25) is 4.79 Å². The van der Waals surface area contributed by atoms with Crippen molar-refractivity contribution in [3.8, 4) is 0 Å². The number of nitrogens with zero attached hydrogens (tertiary/aromatic N) is 1. The molecule has 0 saturated carbocycles. The van der Waals surface area contributed by atoms with Gasteiger partial charge in [0.25, 0.3) is 0 Å². The van der Waals surface area contributed by atoms with Gasteiger partial charge in [-0.05, 0) is 24.1 Å². The lowest BCUT2D eigenvalue weighted by Gasteiger charge is -2.22. The van der Waals surface area contributed by atoms with Crippen molar-refractivity contribution in [1.82, 2.24) is 10.0 Å². The normalized spacial score (nSPS) is 14.6. The number of amides is 1. The van der Waals surface area contributed by atoms with E-state index in [4.69, 9.17) is 28.0 Å². The van der Waals surface area contributed by atoms with E-state index in [0.29, 0.717) is 27.7 Å². The first kappa shape index (κ1) is 22.7. The van der Waals surface area contributed by atoms with Gasteiger partial charge in [0.1, 0.15) is 18.9 Å². The van der Waals surface area contributed by atoms with Crippen LogP contribution in [0.2, 0.25) is 10.0 Å². The molecule has 1 aromatic carbocycles. The minimum atomic E-state index is -3.54. The van der Waals surface area contributed by atoms with Gasteiger partial charge in [0.15, 0.2) is 0 Å². The van der Waals surface area contributed by atoms with Crippen LogP contribution >= 0.6 is 23.2 Å². The van der Waals surface area contributed by atoms with Gasteiger partial charge in [-0.2, -0.15) is 0 Å². The van der Waals surface area contributed by atoms with E-state index < -0.39 is 22.0 Å². The average molecular weight is 424 g/mol. The van der Waals surface area contributed by atoms with Crippen molar-refractivity contribution in [1.29, 1.82) is 0 Å². The molecule has 1 amide bonds. The molecule has 0 aliphatic carbocycles. The third kappa shape index (κ3) is 7.11. The van der Waals surface area contributed by atoms with Gasteiger partial charge in [-0.25, -0.2) is 13.1 Å². The zero-order valence-corrected chi connectivity index (χ0v) is 17.4. The summed E-state index contributed by atoms with van der Waals surface area (Å²) in [4.78, 5) is 17.3. The third-order valence-electron chi connectivity index (χ3n) is 3.71.